The molecule has 0 aliphatic heterocycles. The van der Waals surface area contributed by atoms with E-state index in [1.54, 1.807) is 6.07 Å². The second kappa shape index (κ2) is 5.46. The number of carbonyl (C=O) groups is 1. The Morgan fingerprint density at radius 2 is 2.15 bits per heavy atom. The predicted molar refractivity (Wildman–Crippen MR) is 73.2 cm³/mol. The first-order chi connectivity index (χ1) is 9.62. The summed E-state index contributed by atoms with van der Waals surface area (Å²) >= 11 is 0. The summed E-state index contributed by atoms with van der Waals surface area (Å²) in [4.78, 5) is 18.7. The molecule has 20 heavy (non-hydrogen) atoms. The summed E-state index contributed by atoms with van der Waals surface area (Å²) in [5.74, 6) is -0.0181. The standard InChI is InChI=1S/C13H12N4O3/c1-7-4-8(19-2)5-9-11(7)15-6-10(13(18)20-3)12(9)16-17-14/h4-6H,1-3H3. The largest absolute Gasteiger partial charge is 0.497 e. The average molecular weight is 272 g/mol. The number of rotatable bonds is 3. The molecule has 2 aromatic rings. The van der Waals surface area contributed by atoms with Crippen molar-refractivity contribution >= 4 is 22.6 Å². The SMILES string of the molecule is COC(=O)c1cnc2c(C)cc(OC)cc2c1N=[N+]=[N-]. The van der Waals surface area contributed by atoms with Crippen LogP contribution in [0.15, 0.2) is 23.4 Å². The van der Waals surface area contributed by atoms with Crippen molar-refractivity contribution in [2.75, 3.05) is 14.2 Å². The van der Waals surface area contributed by atoms with E-state index in [0.717, 1.165) is 5.56 Å². The predicted octanol–water partition coefficient (Wildman–Crippen LogP) is 3.28. The number of benzene rings is 1. The van der Waals surface area contributed by atoms with Crippen LogP contribution in [0.3, 0.4) is 0 Å². The summed E-state index contributed by atoms with van der Waals surface area (Å²) in [6.07, 6.45) is 1.34. The molecule has 0 saturated heterocycles. The summed E-state index contributed by atoms with van der Waals surface area (Å²) in [5.41, 5.74) is 10.5. The summed E-state index contributed by atoms with van der Waals surface area (Å²) in [6, 6.07) is 3.48. The molecular weight excluding hydrogens is 260 g/mol. The zero-order valence-corrected chi connectivity index (χ0v) is 11.2. The van der Waals surface area contributed by atoms with Crippen LogP contribution in [0.4, 0.5) is 5.69 Å². The lowest BCUT2D eigenvalue weighted by molar-refractivity contribution is 0.0601. The zero-order chi connectivity index (χ0) is 14.7. The van der Waals surface area contributed by atoms with Crippen LogP contribution in [-0.2, 0) is 4.74 Å². The van der Waals surface area contributed by atoms with Gasteiger partial charge in [-0.05, 0) is 30.2 Å². The number of nitrogens with zero attached hydrogens (tertiary/aromatic N) is 4. The molecule has 2 rings (SSSR count). The molecule has 1 aromatic carbocycles. The van der Waals surface area contributed by atoms with E-state index < -0.39 is 5.97 Å². The highest BCUT2D eigenvalue weighted by atomic mass is 16.5. The Morgan fingerprint density at radius 1 is 1.40 bits per heavy atom. The maximum atomic E-state index is 11.7. The van der Waals surface area contributed by atoms with Crippen molar-refractivity contribution < 1.29 is 14.3 Å². The number of hydrogen-bond acceptors (Lipinski definition) is 5. The Hall–Kier alpha value is -2.79. The maximum Gasteiger partial charge on any atom is 0.339 e. The highest BCUT2D eigenvalue weighted by Crippen LogP contribution is 2.34. The Morgan fingerprint density at radius 3 is 2.75 bits per heavy atom. The first kappa shape index (κ1) is 13.6. The van der Waals surface area contributed by atoms with Crippen LogP contribution in [0.2, 0.25) is 0 Å². The topological polar surface area (TPSA) is 97.2 Å². The third-order valence-corrected chi connectivity index (χ3v) is 2.89. The van der Waals surface area contributed by atoms with Gasteiger partial charge in [0.25, 0.3) is 0 Å². The number of pyridine rings is 1. The lowest BCUT2D eigenvalue weighted by atomic mass is 10.1. The summed E-state index contributed by atoms with van der Waals surface area (Å²) in [5, 5.41) is 4.15. The van der Waals surface area contributed by atoms with Gasteiger partial charge in [-0.1, -0.05) is 5.11 Å². The number of carbonyl (C=O) groups excluding carboxylic acids is 1. The molecule has 1 heterocycles. The maximum absolute atomic E-state index is 11.7. The van der Waals surface area contributed by atoms with Gasteiger partial charge >= 0.3 is 5.97 Å². The van der Waals surface area contributed by atoms with E-state index in [1.807, 2.05) is 13.0 Å². The summed E-state index contributed by atoms with van der Waals surface area (Å²) in [7, 11) is 2.79. The van der Waals surface area contributed by atoms with E-state index in [9.17, 15) is 4.79 Å². The average Bonchev–Trinajstić information content (AvgIpc) is 2.47. The van der Waals surface area contributed by atoms with Gasteiger partial charge in [-0.3, -0.25) is 4.98 Å². The third kappa shape index (κ3) is 2.22. The molecule has 0 unspecified atom stereocenters. The van der Waals surface area contributed by atoms with Crippen molar-refractivity contribution in [3.05, 3.63) is 39.9 Å². The molecule has 0 radical (unpaired) electrons. The van der Waals surface area contributed by atoms with E-state index in [0.29, 0.717) is 16.7 Å². The number of aromatic nitrogens is 1. The van der Waals surface area contributed by atoms with Gasteiger partial charge in [0.15, 0.2) is 0 Å². The molecule has 7 heteroatoms. The molecule has 0 N–H and O–H groups in total. The number of fused-ring (bicyclic) bond motifs is 1. The molecule has 0 amide bonds. The van der Waals surface area contributed by atoms with Crippen molar-refractivity contribution in [3.8, 4) is 5.75 Å². The number of azide groups is 1. The van der Waals surface area contributed by atoms with Gasteiger partial charge < -0.3 is 9.47 Å². The van der Waals surface area contributed by atoms with Gasteiger partial charge in [0, 0.05) is 16.5 Å². The van der Waals surface area contributed by atoms with E-state index in [2.05, 4.69) is 19.7 Å². The third-order valence-electron chi connectivity index (χ3n) is 2.89. The lowest BCUT2D eigenvalue weighted by Crippen LogP contribution is -2.03. The van der Waals surface area contributed by atoms with Crippen molar-refractivity contribution in [2.24, 2.45) is 5.11 Å². The minimum Gasteiger partial charge on any atom is -0.497 e. The smallest absolute Gasteiger partial charge is 0.339 e. The van der Waals surface area contributed by atoms with Gasteiger partial charge in [-0.2, -0.15) is 0 Å². The number of ether oxygens (including phenoxy) is 2. The first-order valence-corrected chi connectivity index (χ1v) is 5.73. The Balaban J connectivity index is 2.89. The number of aryl methyl sites for hydroxylation is 1. The molecule has 0 aliphatic carbocycles. The van der Waals surface area contributed by atoms with Gasteiger partial charge in [0.05, 0.1) is 31.0 Å². The Labute approximate surface area is 114 Å². The minimum atomic E-state index is -0.609. The molecule has 0 spiro atoms. The van der Waals surface area contributed by atoms with Crippen molar-refractivity contribution in [1.29, 1.82) is 0 Å². The fourth-order valence-electron chi connectivity index (χ4n) is 1.96. The normalized spacial score (nSPS) is 9.95. The minimum absolute atomic E-state index is 0.116. The fraction of sp³-hybridized carbons (Fsp3) is 0.231. The monoisotopic (exact) mass is 272 g/mol. The molecule has 0 saturated carbocycles. The molecule has 7 nitrogen and oxygen atoms in total. The molecular formula is C13H12N4O3. The second-order valence-electron chi connectivity index (χ2n) is 4.04. The van der Waals surface area contributed by atoms with Gasteiger partial charge in [0.2, 0.25) is 0 Å². The fourth-order valence-corrected chi connectivity index (χ4v) is 1.96. The molecule has 0 aliphatic rings. The molecule has 102 valence electrons. The highest BCUT2D eigenvalue weighted by Gasteiger charge is 2.16. The van der Waals surface area contributed by atoms with Crippen LogP contribution in [0.5, 0.6) is 5.75 Å². The van der Waals surface area contributed by atoms with E-state index in [-0.39, 0.29) is 11.3 Å². The lowest BCUT2D eigenvalue weighted by Gasteiger charge is -2.10. The summed E-state index contributed by atoms with van der Waals surface area (Å²) < 4.78 is 9.85. The second-order valence-corrected chi connectivity index (χ2v) is 4.04. The van der Waals surface area contributed by atoms with E-state index in [4.69, 9.17) is 10.3 Å². The van der Waals surface area contributed by atoms with Crippen LogP contribution >= 0.6 is 0 Å². The van der Waals surface area contributed by atoms with Crippen LogP contribution in [-0.4, -0.2) is 25.2 Å². The number of hydrogen-bond donors (Lipinski definition) is 0. The number of esters is 1. The molecule has 0 atom stereocenters. The van der Waals surface area contributed by atoms with E-state index in [1.165, 1.54) is 20.4 Å². The summed E-state index contributed by atoms with van der Waals surface area (Å²) in [6.45, 7) is 1.86. The highest BCUT2D eigenvalue weighted by molar-refractivity contribution is 6.04. The van der Waals surface area contributed by atoms with Gasteiger partial charge in [-0.25, -0.2) is 4.79 Å². The van der Waals surface area contributed by atoms with Crippen LogP contribution in [0, 0.1) is 6.92 Å². The zero-order valence-electron chi connectivity index (χ0n) is 11.2. The van der Waals surface area contributed by atoms with Crippen molar-refractivity contribution in [2.45, 2.75) is 6.92 Å². The quantitative estimate of drug-likeness (QED) is 0.370. The molecule has 1 aromatic heterocycles. The Kier molecular flexibility index (Phi) is 3.72. The van der Waals surface area contributed by atoms with Crippen LogP contribution in [0.1, 0.15) is 15.9 Å². The van der Waals surface area contributed by atoms with Gasteiger partial charge in [0.1, 0.15) is 5.75 Å². The molecule has 0 fully saturated rings. The number of methoxy groups -OCH3 is 2. The van der Waals surface area contributed by atoms with Crippen molar-refractivity contribution in [1.82, 2.24) is 4.98 Å². The molecule has 0 bridgehead atoms. The van der Waals surface area contributed by atoms with Crippen LogP contribution in [0.25, 0.3) is 21.3 Å². The van der Waals surface area contributed by atoms with Gasteiger partial charge in [-0.15, -0.1) is 0 Å². The Bertz CT molecular complexity index is 736. The first-order valence-electron chi connectivity index (χ1n) is 5.73. The van der Waals surface area contributed by atoms with Crippen molar-refractivity contribution in [3.63, 3.8) is 0 Å². The van der Waals surface area contributed by atoms with Crippen LogP contribution < -0.4 is 4.74 Å². The van der Waals surface area contributed by atoms with E-state index >= 15 is 0 Å².